The molecule has 1 amide bonds. The highest BCUT2D eigenvalue weighted by atomic mass is 32.2. The van der Waals surface area contributed by atoms with Crippen LogP contribution in [0.2, 0.25) is 0 Å². The molecule has 11 atom stereocenters. The van der Waals surface area contributed by atoms with Crippen molar-refractivity contribution in [2.24, 2.45) is 46.3 Å². The zero-order valence-corrected chi connectivity index (χ0v) is 30.7. The Kier molecular flexibility index (Phi) is 9.49. The lowest BCUT2D eigenvalue weighted by Gasteiger charge is -2.54. The van der Waals surface area contributed by atoms with E-state index in [2.05, 4.69) is 39.3 Å². The van der Waals surface area contributed by atoms with Crippen molar-refractivity contribution in [3.05, 3.63) is 47.0 Å². The average Bonchev–Trinajstić information content (AvgIpc) is 3.32. The summed E-state index contributed by atoms with van der Waals surface area (Å²) in [7, 11) is -3.19. The van der Waals surface area contributed by atoms with E-state index in [1.807, 2.05) is 42.2 Å². The maximum atomic E-state index is 13.7. The minimum atomic E-state index is -3.19. The molecular weight excluding hydrogens is 609 g/mol. The highest BCUT2D eigenvalue weighted by Gasteiger charge is 2.58. The van der Waals surface area contributed by atoms with E-state index in [1.165, 1.54) is 31.1 Å². The summed E-state index contributed by atoms with van der Waals surface area (Å²) in [6, 6.07) is 9.58. The molecule has 0 aromatic heterocycles. The normalized spacial score (nSPS) is 41.4. The van der Waals surface area contributed by atoms with E-state index in [0.717, 1.165) is 44.1 Å². The van der Waals surface area contributed by atoms with Crippen molar-refractivity contribution in [2.75, 3.05) is 12.8 Å². The second-order valence-corrected chi connectivity index (χ2v) is 19.3. The standard InChI is InChI=1S/C39H60N2O5S/c1-25-21-39(6,43)35(41(23-25)36(42)46-24-28-11-9-8-10-12-28)27(3)37(4)17-16-31-32-14-13-29-19-30(40-47(7,44)45)15-18-38(29,5)34(32)20-33(31)26(2)22-37/h8-12,25,27,29-32,34-35,40,43H,13-24H2,1-7H3/t25-,27+,29+,30+,31-,32-,34-,35-,37+,38-,39+/m0/s1. The van der Waals surface area contributed by atoms with Gasteiger partial charge in [0.15, 0.2) is 0 Å². The molecule has 262 valence electrons. The minimum Gasteiger partial charge on any atom is -0.445 e. The van der Waals surface area contributed by atoms with Crippen LogP contribution in [0.4, 0.5) is 4.79 Å². The van der Waals surface area contributed by atoms with Gasteiger partial charge in [0.05, 0.1) is 17.9 Å². The fraction of sp³-hybridized carbons (Fsp3) is 0.769. The lowest BCUT2D eigenvalue weighted by Crippen LogP contribution is -2.64. The molecule has 0 radical (unpaired) electrons. The van der Waals surface area contributed by atoms with Crippen molar-refractivity contribution in [1.82, 2.24) is 9.62 Å². The molecule has 1 aromatic rings. The Morgan fingerprint density at radius 3 is 2.53 bits per heavy atom. The summed E-state index contributed by atoms with van der Waals surface area (Å²) in [5.74, 6) is 2.83. The molecule has 0 bridgehead atoms. The van der Waals surface area contributed by atoms with E-state index < -0.39 is 15.6 Å². The number of nitrogens with zero attached hydrogens (tertiary/aromatic N) is 1. The summed E-state index contributed by atoms with van der Waals surface area (Å²) in [5.41, 5.74) is 3.40. The molecule has 2 N–H and O–H groups in total. The number of hydrogen-bond donors (Lipinski definition) is 2. The number of carbonyl (C=O) groups excluding carboxylic acids is 1. The number of fused-ring (bicyclic) bond motifs is 5. The number of sulfonamides is 1. The van der Waals surface area contributed by atoms with Crippen LogP contribution in [0.3, 0.4) is 0 Å². The number of hydrogen-bond acceptors (Lipinski definition) is 5. The van der Waals surface area contributed by atoms with Crippen LogP contribution in [0.25, 0.3) is 0 Å². The van der Waals surface area contributed by atoms with Crippen LogP contribution >= 0.6 is 0 Å². The first-order valence-corrected chi connectivity index (χ1v) is 20.3. The number of benzene rings is 1. The van der Waals surface area contributed by atoms with Crippen molar-refractivity contribution in [1.29, 1.82) is 0 Å². The molecule has 6 rings (SSSR count). The Hall–Kier alpha value is -1.90. The van der Waals surface area contributed by atoms with Gasteiger partial charge in [-0.1, -0.05) is 69.2 Å². The quantitative estimate of drug-likeness (QED) is 0.303. The van der Waals surface area contributed by atoms with E-state index in [-0.39, 0.29) is 47.4 Å². The second-order valence-electron chi connectivity index (χ2n) is 17.5. The first-order valence-electron chi connectivity index (χ1n) is 18.4. The number of likely N-dealkylation sites (tertiary alicyclic amines) is 1. The van der Waals surface area contributed by atoms with Crippen LogP contribution in [0.5, 0.6) is 0 Å². The van der Waals surface area contributed by atoms with Gasteiger partial charge in [-0.25, -0.2) is 17.9 Å². The van der Waals surface area contributed by atoms with Crippen LogP contribution < -0.4 is 4.72 Å². The number of allylic oxidation sites excluding steroid dienone is 2. The Morgan fingerprint density at radius 1 is 1.11 bits per heavy atom. The third-order valence-electron chi connectivity index (χ3n) is 14.0. The molecule has 1 aromatic carbocycles. The lowest BCUT2D eigenvalue weighted by molar-refractivity contribution is -0.117. The molecule has 5 aliphatic rings. The maximum absolute atomic E-state index is 13.7. The van der Waals surface area contributed by atoms with Crippen LogP contribution in [-0.2, 0) is 21.4 Å². The lowest BCUT2D eigenvalue weighted by atomic mass is 9.52. The number of piperidine rings is 1. The number of amides is 1. The fourth-order valence-electron chi connectivity index (χ4n) is 11.8. The predicted octanol–water partition coefficient (Wildman–Crippen LogP) is 7.70. The van der Waals surface area contributed by atoms with Gasteiger partial charge in [-0.3, -0.25) is 0 Å². The van der Waals surface area contributed by atoms with Crippen molar-refractivity contribution < 1.29 is 23.1 Å². The van der Waals surface area contributed by atoms with Gasteiger partial charge in [-0.15, -0.1) is 0 Å². The second kappa shape index (κ2) is 12.8. The average molecular weight is 669 g/mol. The van der Waals surface area contributed by atoms with Gasteiger partial charge in [0, 0.05) is 12.6 Å². The monoisotopic (exact) mass is 668 g/mol. The van der Waals surface area contributed by atoms with E-state index in [1.54, 1.807) is 5.57 Å². The molecular formula is C39H60N2O5S. The van der Waals surface area contributed by atoms with Crippen molar-refractivity contribution in [3.63, 3.8) is 0 Å². The SMILES string of the molecule is CC1=C2C[C@H]3[C@@H](CC[C@@H]4C[C@H](NS(C)(=O)=O)CC[C@@]43C)[C@@H]2CC[C@@](C)([C@H](C)[C@@H]2N(C(=O)OCc3ccccc3)C[C@@H](C)C[C@@]2(C)O)C1. The van der Waals surface area contributed by atoms with E-state index in [9.17, 15) is 18.3 Å². The first kappa shape index (κ1) is 34.9. The van der Waals surface area contributed by atoms with E-state index in [0.29, 0.717) is 36.6 Å². The summed E-state index contributed by atoms with van der Waals surface area (Å²) >= 11 is 0. The van der Waals surface area contributed by atoms with Crippen molar-refractivity contribution in [2.45, 2.75) is 130 Å². The Morgan fingerprint density at radius 2 is 1.83 bits per heavy atom. The van der Waals surface area contributed by atoms with E-state index >= 15 is 0 Å². The zero-order valence-electron chi connectivity index (χ0n) is 29.9. The molecule has 0 unspecified atom stereocenters. The third-order valence-corrected chi connectivity index (χ3v) is 14.8. The minimum absolute atomic E-state index is 0.0550. The highest BCUT2D eigenvalue weighted by molar-refractivity contribution is 7.88. The summed E-state index contributed by atoms with van der Waals surface area (Å²) in [4.78, 5) is 15.6. The molecule has 4 aliphatic carbocycles. The van der Waals surface area contributed by atoms with Crippen LogP contribution in [0.1, 0.15) is 111 Å². The van der Waals surface area contributed by atoms with Crippen LogP contribution in [0, 0.1) is 46.3 Å². The number of carbonyl (C=O) groups is 1. The van der Waals surface area contributed by atoms with Gasteiger partial charge in [-0.2, -0.15) is 0 Å². The summed E-state index contributed by atoms with van der Waals surface area (Å²) in [5, 5.41) is 12.0. The van der Waals surface area contributed by atoms with Gasteiger partial charge in [0.25, 0.3) is 0 Å². The summed E-state index contributed by atoms with van der Waals surface area (Å²) in [6.07, 6.45) is 11.5. The summed E-state index contributed by atoms with van der Waals surface area (Å²) in [6.45, 7) is 14.5. The molecule has 1 aliphatic heterocycles. The molecule has 4 fully saturated rings. The van der Waals surface area contributed by atoms with Gasteiger partial charge < -0.3 is 14.7 Å². The molecule has 1 heterocycles. The van der Waals surface area contributed by atoms with Gasteiger partial charge in [0.1, 0.15) is 6.61 Å². The largest absolute Gasteiger partial charge is 0.445 e. The van der Waals surface area contributed by atoms with Crippen molar-refractivity contribution >= 4 is 16.1 Å². The molecule has 0 spiro atoms. The Labute approximate surface area is 284 Å². The number of ether oxygens (including phenoxy) is 1. The number of rotatable bonds is 6. The first-order chi connectivity index (χ1) is 22.0. The van der Waals surface area contributed by atoms with Crippen molar-refractivity contribution in [3.8, 4) is 0 Å². The fourth-order valence-corrected chi connectivity index (χ4v) is 12.6. The molecule has 8 heteroatoms. The molecule has 3 saturated carbocycles. The van der Waals surface area contributed by atoms with Gasteiger partial charge >= 0.3 is 6.09 Å². The van der Waals surface area contributed by atoms with E-state index in [4.69, 9.17) is 4.74 Å². The number of nitrogens with one attached hydrogen (secondary N) is 1. The van der Waals surface area contributed by atoms with Crippen LogP contribution in [-0.4, -0.2) is 55.0 Å². The predicted molar refractivity (Wildman–Crippen MR) is 187 cm³/mol. The number of aliphatic hydroxyl groups is 1. The Balaban J connectivity index is 1.20. The zero-order chi connectivity index (χ0) is 33.9. The van der Waals surface area contributed by atoms with Gasteiger partial charge in [0.2, 0.25) is 10.0 Å². The summed E-state index contributed by atoms with van der Waals surface area (Å²) < 4.78 is 32.8. The maximum Gasteiger partial charge on any atom is 0.410 e. The molecule has 1 saturated heterocycles. The third kappa shape index (κ3) is 6.81. The Bertz CT molecular complexity index is 1460. The van der Waals surface area contributed by atoms with Gasteiger partial charge in [-0.05, 0) is 130 Å². The topological polar surface area (TPSA) is 95.9 Å². The molecule has 7 nitrogen and oxygen atoms in total. The van der Waals surface area contributed by atoms with Crippen LogP contribution in [0.15, 0.2) is 41.5 Å². The highest BCUT2D eigenvalue weighted by Crippen LogP contribution is 2.65. The molecule has 47 heavy (non-hydrogen) atoms. The smallest absolute Gasteiger partial charge is 0.410 e.